The van der Waals surface area contributed by atoms with E-state index in [-0.39, 0.29) is 12.5 Å². The van der Waals surface area contributed by atoms with Gasteiger partial charge < -0.3 is 14.2 Å². The van der Waals surface area contributed by atoms with Crippen molar-refractivity contribution < 1.29 is 23.8 Å². The second-order valence-electron chi connectivity index (χ2n) is 9.57. The number of ether oxygens (including phenoxy) is 3. The Hall–Kier alpha value is -3.19. The summed E-state index contributed by atoms with van der Waals surface area (Å²) in [5, 5.41) is 0.635. The molecule has 4 aliphatic heterocycles. The molecule has 7 rings (SSSR count). The summed E-state index contributed by atoms with van der Waals surface area (Å²) in [7, 11) is 0. The molecule has 4 heterocycles. The molecule has 3 aromatic rings. The number of halogens is 1. The van der Waals surface area contributed by atoms with E-state index in [1.54, 1.807) is 0 Å². The number of fused-ring (bicyclic) bond motifs is 2. The number of nitrogens with zero attached hydrogens (tertiary/aromatic N) is 1. The van der Waals surface area contributed by atoms with Crippen LogP contribution in [0.15, 0.2) is 84.9 Å². The maximum absolute atomic E-state index is 12.6. The van der Waals surface area contributed by atoms with E-state index in [0.29, 0.717) is 5.02 Å². The molecular formula is C29H26ClNO5. The minimum Gasteiger partial charge on any atom is -0.409 e. The molecule has 4 saturated heterocycles. The fraction of sp³-hybridized carbons (Fsp3) is 0.310. The Morgan fingerprint density at radius 1 is 0.833 bits per heavy atom. The van der Waals surface area contributed by atoms with E-state index in [1.165, 1.54) is 0 Å². The van der Waals surface area contributed by atoms with Gasteiger partial charge in [-0.1, -0.05) is 84.4 Å². The molecule has 7 heteroatoms. The number of carbonyl (C=O) groups is 2. The van der Waals surface area contributed by atoms with Gasteiger partial charge in [0.2, 0.25) is 5.72 Å². The fourth-order valence-corrected chi connectivity index (χ4v) is 6.29. The summed E-state index contributed by atoms with van der Waals surface area (Å²) < 4.78 is 18.9. The van der Waals surface area contributed by atoms with Gasteiger partial charge in [0, 0.05) is 24.0 Å². The molecule has 0 saturated carbocycles. The molecule has 3 aromatic carbocycles. The molecule has 6 nitrogen and oxygen atoms in total. The first kappa shape index (κ1) is 23.2. The highest BCUT2D eigenvalue weighted by atomic mass is 35.5. The molecule has 0 N–H and O–H groups in total. The molecular weight excluding hydrogens is 478 g/mol. The van der Waals surface area contributed by atoms with Gasteiger partial charge in [-0.25, -0.2) is 9.59 Å². The predicted molar refractivity (Wildman–Crippen MR) is 133 cm³/mol. The van der Waals surface area contributed by atoms with Crippen molar-refractivity contribution in [3.8, 4) is 0 Å². The van der Waals surface area contributed by atoms with Gasteiger partial charge >= 0.3 is 17.7 Å². The number of piperidine rings is 3. The van der Waals surface area contributed by atoms with Crippen molar-refractivity contribution in [3.05, 3.63) is 107 Å². The molecule has 184 valence electrons. The van der Waals surface area contributed by atoms with Crippen LogP contribution >= 0.6 is 11.6 Å². The smallest absolute Gasteiger partial charge is 0.409 e. The molecule has 0 amide bonds. The molecule has 0 aliphatic carbocycles. The number of esters is 2. The summed E-state index contributed by atoms with van der Waals surface area (Å²) in [6.45, 7) is 1.68. The lowest BCUT2D eigenvalue weighted by molar-refractivity contribution is -0.387. The summed E-state index contributed by atoms with van der Waals surface area (Å²) in [5.74, 6) is -4.10. The average molecular weight is 504 g/mol. The van der Waals surface area contributed by atoms with Crippen molar-refractivity contribution >= 4 is 23.5 Å². The Labute approximate surface area is 214 Å². The molecule has 0 aromatic heterocycles. The van der Waals surface area contributed by atoms with E-state index in [4.69, 9.17) is 25.8 Å². The number of hydrogen-bond donors (Lipinski definition) is 0. The summed E-state index contributed by atoms with van der Waals surface area (Å²) in [6, 6.07) is 27.5. The monoisotopic (exact) mass is 503 g/mol. The lowest BCUT2D eigenvalue weighted by Gasteiger charge is -2.63. The standard InChI is InChI=1S/C29H26ClNO5/c30-24-13-11-20(12-14-24)19-34-28(25(21-7-3-1-4-8-21)22-9-5-2-6-10-22)29(35-26(32)27(33)36-29)23-15-17-31(28)18-16-23/h1-14,23,25H,15-19H2. The third-order valence-corrected chi connectivity index (χ3v) is 7.94. The maximum atomic E-state index is 12.6. The van der Waals surface area contributed by atoms with Crippen LogP contribution in [-0.4, -0.2) is 41.4 Å². The normalized spacial score (nSPS) is 26.3. The predicted octanol–water partition coefficient (Wildman–Crippen LogP) is 4.91. The van der Waals surface area contributed by atoms with Gasteiger partial charge in [-0.3, -0.25) is 4.90 Å². The molecule has 36 heavy (non-hydrogen) atoms. The van der Waals surface area contributed by atoms with Gasteiger partial charge in [-0.15, -0.1) is 0 Å². The first-order chi connectivity index (χ1) is 17.5. The summed E-state index contributed by atoms with van der Waals surface area (Å²) in [5.41, 5.74) is 1.58. The summed E-state index contributed by atoms with van der Waals surface area (Å²) in [4.78, 5) is 27.5. The first-order valence-corrected chi connectivity index (χ1v) is 12.6. The third kappa shape index (κ3) is 3.55. The van der Waals surface area contributed by atoms with Gasteiger partial charge in [0.1, 0.15) is 0 Å². The molecule has 2 bridgehead atoms. The number of hydrogen-bond acceptors (Lipinski definition) is 6. The van der Waals surface area contributed by atoms with Gasteiger partial charge in [0.25, 0.3) is 0 Å². The van der Waals surface area contributed by atoms with E-state index >= 15 is 0 Å². The van der Waals surface area contributed by atoms with Crippen LogP contribution in [0.5, 0.6) is 0 Å². The highest BCUT2D eigenvalue weighted by molar-refractivity contribution is 6.31. The Bertz CT molecular complexity index is 1200. The van der Waals surface area contributed by atoms with E-state index in [1.807, 2.05) is 84.9 Å². The zero-order chi connectivity index (χ0) is 24.8. The van der Waals surface area contributed by atoms with Gasteiger partial charge in [-0.2, -0.15) is 0 Å². The van der Waals surface area contributed by atoms with Crippen LogP contribution in [-0.2, 0) is 30.4 Å². The van der Waals surface area contributed by atoms with Crippen molar-refractivity contribution in [2.45, 2.75) is 36.9 Å². The van der Waals surface area contributed by atoms with Gasteiger partial charge in [0.05, 0.1) is 12.5 Å². The Morgan fingerprint density at radius 2 is 1.36 bits per heavy atom. The SMILES string of the molecule is O=C1OC2(OC1=O)C1CCN(CC1)C2(OCc1ccc(Cl)cc1)C(c1ccccc1)c1ccccc1. The van der Waals surface area contributed by atoms with Crippen LogP contribution in [0.1, 0.15) is 35.4 Å². The fourth-order valence-electron chi connectivity index (χ4n) is 6.17. The highest BCUT2D eigenvalue weighted by Gasteiger charge is 2.76. The summed E-state index contributed by atoms with van der Waals surface area (Å²) in [6.07, 6.45) is 1.48. The molecule has 1 atom stereocenters. The third-order valence-electron chi connectivity index (χ3n) is 7.69. The quantitative estimate of drug-likeness (QED) is 0.352. The Balaban J connectivity index is 1.58. The van der Waals surface area contributed by atoms with Crippen molar-refractivity contribution in [1.82, 2.24) is 4.90 Å². The molecule has 1 unspecified atom stereocenters. The number of benzene rings is 3. The van der Waals surface area contributed by atoms with Crippen molar-refractivity contribution in [3.63, 3.8) is 0 Å². The second kappa shape index (κ2) is 9.04. The van der Waals surface area contributed by atoms with Crippen LogP contribution in [0.4, 0.5) is 0 Å². The van der Waals surface area contributed by atoms with E-state index in [0.717, 1.165) is 42.6 Å². The molecule has 4 fully saturated rings. The highest BCUT2D eigenvalue weighted by Crippen LogP contribution is 2.59. The van der Waals surface area contributed by atoms with Crippen LogP contribution in [0.25, 0.3) is 0 Å². The molecule has 4 aliphatic rings. The largest absolute Gasteiger partial charge is 0.421 e. The van der Waals surface area contributed by atoms with Gasteiger partial charge in [-0.05, 0) is 41.7 Å². The molecule has 1 spiro atoms. The topological polar surface area (TPSA) is 65.1 Å². The zero-order valence-corrected chi connectivity index (χ0v) is 20.4. The minimum absolute atomic E-state index is 0.182. The van der Waals surface area contributed by atoms with Crippen LogP contribution in [0, 0.1) is 5.92 Å². The minimum atomic E-state index is -1.57. The second-order valence-corrected chi connectivity index (χ2v) is 10.0. The maximum Gasteiger partial charge on any atom is 0.421 e. The average Bonchev–Trinajstić information content (AvgIpc) is 3.22. The van der Waals surface area contributed by atoms with Crippen LogP contribution in [0.2, 0.25) is 5.02 Å². The Kier molecular flexibility index (Phi) is 5.83. The summed E-state index contributed by atoms with van der Waals surface area (Å²) >= 11 is 6.12. The van der Waals surface area contributed by atoms with Crippen molar-refractivity contribution in [2.24, 2.45) is 5.92 Å². The molecule has 0 radical (unpaired) electrons. The lowest BCUT2D eigenvalue weighted by Crippen LogP contribution is -2.78. The van der Waals surface area contributed by atoms with E-state index in [2.05, 4.69) is 4.90 Å². The number of carbonyl (C=O) groups excluding carboxylic acids is 2. The first-order valence-electron chi connectivity index (χ1n) is 12.2. The zero-order valence-electron chi connectivity index (χ0n) is 19.6. The van der Waals surface area contributed by atoms with Crippen molar-refractivity contribution in [1.29, 1.82) is 0 Å². The van der Waals surface area contributed by atoms with Crippen LogP contribution in [0.3, 0.4) is 0 Å². The van der Waals surface area contributed by atoms with Crippen molar-refractivity contribution in [2.75, 3.05) is 13.1 Å². The van der Waals surface area contributed by atoms with E-state index < -0.39 is 29.4 Å². The van der Waals surface area contributed by atoms with Crippen LogP contribution < -0.4 is 0 Å². The van der Waals surface area contributed by atoms with Gasteiger partial charge in [0.15, 0.2) is 0 Å². The number of rotatable bonds is 6. The Morgan fingerprint density at radius 3 is 1.89 bits per heavy atom. The van der Waals surface area contributed by atoms with E-state index in [9.17, 15) is 9.59 Å². The lowest BCUT2D eigenvalue weighted by atomic mass is 9.66.